The van der Waals surface area contributed by atoms with Crippen LogP contribution in [0.2, 0.25) is 0 Å². The predicted molar refractivity (Wildman–Crippen MR) is 108 cm³/mol. The Bertz CT molecular complexity index is 949. The first-order valence-electron chi connectivity index (χ1n) is 9.03. The van der Waals surface area contributed by atoms with Crippen LogP contribution in [0.1, 0.15) is 25.2 Å². The van der Waals surface area contributed by atoms with Gasteiger partial charge < -0.3 is 14.7 Å². The van der Waals surface area contributed by atoms with E-state index in [4.69, 9.17) is 4.52 Å². The van der Waals surface area contributed by atoms with Gasteiger partial charge in [0.25, 0.3) is 0 Å². The van der Waals surface area contributed by atoms with E-state index in [9.17, 15) is 9.59 Å². The Hall–Kier alpha value is -3.41. The quantitative estimate of drug-likeness (QED) is 0.654. The number of para-hydroxylation sites is 1. The van der Waals surface area contributed by atoms with Gasteiger partial charge in [-0.2, -0.15) is 0 Å². The van der Waals surface area contributed by atoms with E-state index >= 15 is 0 Å². The van der Waals surface area contributed by atoms with E-state index in [1.807, 2.05) is 60.7 Å². The average molecular weight is 377 g/mol. The van der Waals surface area contributed by atoms with E-state index in [-0.39, 0.29) is 11.7 Å². The van der Waals surface area contributed by atoms with Crippen molar-refractivity contribution in [3.05, 3.63) is 78.1 Å². The number of carbonyl (C=O) groups is 2. The highest BCUT2D eigenvalue weighted by Gasteiger charge is 2.40. The summed E-state index contributed by atoms with van der Waals surface area (Å²) in [5.74, 6) is 0.118. The smallest absolute Gasteiger partial charge is 0.242 e. The molecule has 0 aliphatic rings. The fraction of sp³-hybridized carbons (Fsp3) is 0.227. The van der Waals surface area contributed by atoms with Gasteiger partial charge in [0.2, 0.25) is 11.8 Å². The molecule has 6 nitrogen and oxygen atoms in total. The summed E-state index contributed by atoms with van der Waals surface area (Å²) in [6, 6.07) is 20.6. The normalized spacial score (nSPS) is 11.1. The average Bonchev–Trinajstić information content (AvgIpc) is 3.11. The van der Waals surface area contributed by atoms with Crippen molar-refractivity contribution in [1.82, 2.24) is 5.16 Å². The standard InChI is InChI=1S/C22H23N3O3/c1-16-14-19(24-28-16)23-20(26)22(2,3)21(27)25(18-12-8-5-9-13-18)15-17-10-6-4-7-11-17/h4-14H,15H2,1-3H3,(H,23,24,26). The molecule has 0 saturated carbocycles. The lowest BCUT2D eigenvalue weighted by Crippen LogP contribution is -2.47. The lowest BCUT2D eigenvalue weighted by Gasteiger charge is -2.31. The third-order valence-electron chi connectivity index (χ3n) is 4.47. The van der Waals surface area contributed by atoms with Gasteiger partial charge in [-0.3, -0.25) is 9.59 Å². The lowest BCUT2D eigenvalue weighted by atomic mass is 9.89. The van der Waals surface area contributed by atoms with Crippen LogP contribution in [0.3, 0.4) is 0 Å². The van der Waals surface area contributed by atoms with Crippen LogP contribution in [-0.4, -0.2) is 17.0 Å². The number of rotatable bonds is 6. The Morgan fingerprint density at radius 2 is 1.64 bits per heavy atom. The first-order chi connectivity index (χ1) is 13.4. The van der Waals surface area contributed by atoms with Gasteiger partial charge in [-0.05, 0) is 38.5 Å². The van der Waals surface area contributed by atoms with Crippen molar-refractivity contribution in [2.75, 3.05) is 10.2 Å². The Kier molecular flexibility index (Phi) is 5.59. The summed E-state index contributed by atoms with van der Waals surface area (Å²) >= 11 is 0. The van der Waals surface area contributed by atoms with E-state index in [0.29, 0.717) is 12.3 Å². The second-order valence-corrected chi connectivity index (χ2v) is 7.11. The van der Waals surface area contributed by atoms with Crippen molar-refractivity contribution < 1.29 is 14.1 Å². The number of hydrogen-bond acceptors (Lipinski definition) is 4. The Morgan fingerprint density at radius 1 is 1.04 bits per heavy atom. The van der Waals surface area contributed by atoms with E-state index in [2.05, 4.69) is 10.5 Å². The molecule has 2 amide bonds. The largest absolute Gasteiger partial charge is 0.360 e. The fourth-order valence-electron chi connectivity index (χ4n) is 2.79. The van der Waals surface area contributed by atoms with Gasteiger partial charge in [0.15, 0.2) is 5.82 Å². The van der Waals surface area contributed by atoms with Gasteiger partial charge >= 0.3 is 0 Å². The molecule has 0 aliphatic heterocycles. The maximum Gasteiger partial charge on any atom is 0.242 e. The molecule has 3 rings (SSSR count). The topological polar surface area (TPSA) is 75.4 Å². The molecule has 0 radical (unpaired) electrons. The van der Waals surface area contributed by atoms with Crippen molar-refractivity contribution in [3.8, 4) is 0 Å². The Balaban J connectivity index is 1.87. The molecule has 2 aromatic carbocycles. The summed E-state index contributed by atoms with van der Waals surface area (Å²) in [7, 11) is 0. The van der Waals surface area contributed by atoms with Gasteiger partial charge in [-0.25, -0.2) is 0 Å². The molecule has 0 fully saturated rings. The van der Waals surface area contributed by atoms with Crippen molar-refractivity contribution >= 4 is 23.3 Å². The molecule has 3 aromatic rings. The van der Waals surface area contributed by atoms with E-state index in [1.165, 1.54) is 0 Å². The van der Waals surface area contributed by atoms with Gasteiger partial charge in [-0.15, -0.1) is 0 Å². The van der Waals surface area contributed by atoms with E-state index in [0.717, 1.165) is 11.3 Å². The van der Waals surface area contributed by atoms with Gasteiger partial charge in [0.1, 0.15) is 11.2 Å². The summed E-state index contributed by atoms with van der Waals surface area (Å²) in [6.45, 7) is 5.32. The monoisotopic (exact) mass is 377 g/mol. The second kappa shape index (κ2) is 8.08. The molecule has 0 atom stereocenters. The van der Waals surface area contributed by atoms with Crippen LogP contribution in [0.5, 0.6) is 0 Å². The molecule has 0 saturated heterocycles. The zero-order valence-electron chi connectivity index (χ0n) is 16.2. The van der Waals surface area contributed by atoms with Crippen LogP contribution in [-0.2, 0) is 16.1 Å². The molecule has 6 heteroatoms. The first kappa shape index (κ1) is 19.4. The highest BCUT2D eigenvalue weighted by atomic mass is 16.5. The SMILES string of the molecule is Cc1cc(NC(=O)C(C)(C)C(=O)N(Cc2ccccc2)c2ccccc2)no1. The lowest BCUT2D eigenvalue weighted by molar-refractivity contribution is -0.136. The summed E-state index contributed by atoms with van der Waals surface area (Å²) in [5.41, 5.74) is 0.398. The number of carbonyl (C=O) groups excluding carboxylic acids is 2. The first-order valence-corrected chi connectivity index (χ1v) is 9.03. The fourth-order valence-corrected chi connectivity index (χ4v) is 2.79. The molecule has 0 spiro atoms. The van der Waals surface area contributed by atoms with Crippen LogP contribution in [0.4, 0.5) is 11.5 Å². The number of hydrogen-bond donors (Lipinski definition) is 1. The third-order valence-corrected chi connectivity index (χ3v) is 4.47. The van der Waals surface area contributed by atoms with Gasteiger partial charge in [0, 0.05) is 11.8 Å². The number of benzene rings is 2. The van der Waals surface area contributed by atoms with Crippen LogP contribution in [0.15, 0.2) is 71.3 Å². The summed E-state index contributed by atoms with van der Waals surface area (Å²) in [4.78, 5) is 27.9. The summed E-state index contributed by atoms with van der Waals surface area (Å²) < 4.78 is 4.97. The highest BCUT2D eigenvalue weighted by Crippen LogP contribution is 2.27. The van der Waals surface area contributed by atoms with Gasteiger partial charge in [-0.1, -0.05) is 53.7 Å². The number of anilines is 2. The van der Waals surface area contributed by atoms with Crippen LogP contribution < -0.4 is 10.2 Å². The van der Waals surface area contributed by atoms with Crippen molar-refractivity contribution in [3.63, 3.8) is 0 Å². The minimum Gasteiger partial charge on any atom is -0.360 e. The molecule has 0 bridgehead atoms. The zero-order valence-corrected chi connectivity index (χ0v) is 16.2. The molecule has 1 heterocycles. The molecule has 1 N–H and O–H groups in total. The van der Waals surface area contributed by atoms with Crippen molar-refractivity contribution in [2.45, 2.75) is 27.3 Å². The van der Waals surface area contributed by atoms with Crippen molar-refractivity contribution in [2.24, 2.45) is 5.41 Å². The minimum absolute atomic E-state index is 0.290. The molecular weight excluding hydrogens is 354 g/mol. The van der Waals surface area contributed by atoms with E-state index < -0.39 is 11.3 Å². The van der Waals surface area contributed by atoms with Crippen LogP contribution >= 0.6 is 0 Å². The molecule has 1 aromatic heterocycles. The predicted octanol–water partition coefficient (Wildman–Crippen LogP) is 4.18. The number of nitrogens with one attached hydrogen (secondary N) is 1. The summed E-state index contributed by atoms with van der Waals surface area (Å²) in [6.07, 6.45) is 0. The van der Waals surface area contributed by atoms with Gasteiger partial charge in [0.05, 0.1) is 6.54 Å². The van der Waals surface area contributed by atoms with Crippen molar-refractivity contribution in [1.29, 1.82) is 0 Å². The van der Waals surface area contributed by atoms with E-state index in [1.54, 1.807) is 31.7 Å². The number of amides is 2. The maximum absolute atomic E-state index is 13.4. The molecular formula is C22H23N3O3. The second-order valence-electron chi connectivity index (χ2n) is 7.11. The Labute approximate surface area is 164 Å². The number of aryl methyl sites for hydroxylation is 1. The Morgan fingerprint density at radius 3 is 2.21 bits per heavy atom. The van der Waals surface area contributed by atoms with Crippen LogP contribution in [0, 0.1) is 12.3 Å². The minimum atomic E-state index is -1.31. The third kappa shape index (κ3) is 4.28. The summed E-state index contributed by atoms with van der Waals surface area (Å²) in [5, 5.41) is 6.43. The molecule has 28 heavy (non-hydrogen) atoms. The molecule has 0 aliphatic carbocycles. The number of nitrogens with zero attached hydrogens (tertiary/aromatic N) is 2. The highest BCUT2D eigenvalue weighted by molar-refractivity contribution is 6.14. The molecule has 144 valence electrons. The maximum atomic E-state index is 13.4. The molecule has 0 unspecified atom stereocenters. The van der Waals surface area contributed by atoms with Crippen LogP contribution in [0.25, 0.3) is 0 Å². The number of aromatic nitrogens is 1. The zero-order chi connectivity index (χ0) is 20.1.